The third-order valence-electron chi connectivity index (χ3n) is 2.32. The number of nitrogens with zero attached hydrogens (tertiary/aromatic N) is 2. The zero-order valence-corrected chi connectivity index (χ0v) is 9.28. The molecule has 0 amide bonds. The Morgan fingerprint density at radius 2 is 2.11 bits per heavy atom. The van der Waals surface area contributed by atoms with Crippen molar-refractivity contribution in [2.75, 3.05) is 0 Å². The van der Waals surface area contributed by atoms with Crippen molar-refractivity contribution in [2.24, 2.45) is 0 Å². The number of carbonyl (C=O) groups is 1. The van der Waals surface area contributed by atoms with Crippen molar-refractivity contribution in [1.29, 1.82) is 0 Å². The Labute approximate surface area is 101 Å². The predicted octanol–water partition coefficient (Wildman–Crippen LogP) is 2.26. The number of hydrogen-bond donors (Lipinski definition) is 1. The standard InChI is InChI=1S/C11H8N2O5/c1-6-9(11(14)15)18-10(12-6)7-4-2-3-5-8(7)13(16)17/h2-5H,1H3,(H,14,15). The van der Waals surface area contributed by atoms with Crippen LogP contribution in [0.3, 0.4) is 0 Å². The number of para-hydroxylation sites is 1. The summed E-state index contributed by atoms with van der Waals surface area (Å²) in [6, 6.07) is 5.85. The molecule has 7 nitrogen and oxygen atoms in total. The SMILES string of the molecule is Cc1nc(-c2ccccc2[N+](=O)[O-])oc1C(=O)O. The van der Waals surface area contributed by atoms with E-state index in [4.69, 9.17) is 9.52 Å². The van der Waals surface area contributed by atoms with Crippen LogP contribution in [0.2, 0.25) is 0 Å². The lowest BCUT2D eigenvalue weighted by Gasteiger charge is -1.97. The zero-order valence-electron chi connectivity index (χ0n) is 9.28. The maximum atomic E-state index is 10.8. The van der Waals surface area contributed by atoms with E-state index in [1.807, 2.05) is 0 Å². The summed E-state index contributed by atoms with van der Waals surface area (Å²) in [6.07, 6.45) is 0. The van der Waals surface area contributed by atoms with Crippen LogP contribution >= 0.6 is 0 Å². The number of oxazole rings is 1. The minimum atomic E-state index is -1.26. The summed E-state index contributed by atoms with van der Waals surface area (Å²) in [5.41, 5.74) is 0.143. The van der Waals surface area contributed by atoms with Gasteiger partial charge in [-0.15, -0.1) is 0 Å². The fourth-order valence-electron chi connectivity index (χ4n) is 1.52. The van der Waals surface area contributed by atoms with Crippen LogP contribution in [-0.4, -0.2) is 21.0 Å². The highest BCUT2D eigenvalue weighted by molar-refractivity contribution is 5.86. The highest BCUT2D eigenvalue weighted by Crippen LogP contribution is 2.30. The number of nitro groups is 1. The first-order chi connectivity index (χ1) is 8.50. The predicted molar refractivity (Wildman–Crippen MR) is 60.3 cm³/mol. The number of benzene rings is 1. The van der Waals surface area contributed by atoms with E-state index in [1.54, 1.807) is 6.07 Å². The van der Waals surface area contributed by atoms with Crippen LogP contribution in [-0.2, 0) is 0 Å². The normalized spacial score (nSPS) is 10.3. The summed E-state index contributed by atoms with van der Waals surface area (Å²) in [7, 11) is 0. The van der Waals surface area contributed by atoms with Crippen molar-refractivity contribution in [2.45, 2.75) is 6.92 Å². The van der Waals surface area contributed by atoms with E-state index in [2.05, 4.69) is 4.98 Å². The highest BCUT2D eigenvalue weighted by atomic mass is 16.6. The van der Waals surface area contributed by atoms with Gasteiger partial charge in [-0.05, 0) is 13.0 Å². The lowest BCUT2D eigenvalue weighted by atomic mass is 10.2. The second-order valence-corrected chi connectivity index (χ2v) is 3.51. The second-order valence-electron chi connectivity index (χ2n) is 3.51. The van der Waals surface area contributed by atoms with E-state index >= 15 is 0 Å². The molecule has 0 radical (unpaired) electrons. The van der Waals surface area contributed by atoms with Crippen molar-refractivity contribution in [1.82, 2.24) is 4.98 Å². The van der Waals surface area contributed by atoms with Crippen LogP contribution in [0.1, 0.15) is 16.2 Å². The number of nitro benzene ring substituents is 1. The molecule has 0 saturated heterocycles. The van der Waals surface area contributed by atoms with Gasteiger partial charge in [-0.1, -0.05) is 12.1 Å². The van der Waals surface area contributed by atoms with Crippen molar-refractivity contribution < 1.29 is 19.2 Å². The molecule has 1 aromatic carbocycles. The van der Waals surface area contributed by atoms with Gasteiger partial charge in [-0.2, -0.15) is 0 Å². The molecule has 18 heavy (non-hydrogen) atoms. The van der Waals surface area contributed by atoms with Gasteiger partial charge in [0, 0.05) is 6.07 Å². The molecule has 1 aromatic heterocycles. The Morgan fingerprint density at radius 3 is 2.67 bits per heavy atom. The van der Waals surface area contributed by atoms with Crippen molar-refractivity contribution in [3.05, 3.63) is 45.8 Å². The molecule has 0 spiro atoms. The van der Waals surface area contributed by atoms with Gasteiger partial charge in [-0.25, -0.2) is 9.78 Å². The van der Waals surface area contributed by atoms with Gasteiger partial charge in [0.2, 0.25) is 11.7 Å². The molecule has 0 atom stereocenters. The Bertz CT molecular complexity index is 632. The van der Waals surface area contributed by atoms with E-state index in [1.165, 1.54) is 25.1 Å². The lowest BCUT2D eigenvalue weighted by Crippen LogP contribution is -1.95. The Kier molecular flexibility index (Phi) is 2.80. The molecule has 7 heteroatoms. The molecule has 2 rings (SSSR count). The van der Waals surface area contributed by atoms with E-state index in [9.17, 15) is 14.9 Å². The molecule has 0 bridgehead atoms. The van der Waals surface area contributed by atoms with E-state index in [0.717, 1.165) is 0 Å². The molecule has 1 heterocycles. The molecule has 0 saturated carbocycles. The second kappa shape index (κ2) is 4.28. The molecular weight excluding hydrogens is 240 g/mol. The summed E-state index contributed by atoms with van der Waals surface area (Å²) < 4.78 is 5.04. The summed E-state index contributed by atoms with van der Waals surface area (Å²) in [5.74, 6) is -1.65. The molecule has 0 aliphatic heterocycles. The minimum Gasteiger partial charge on any atom is -0.475 e. The smallest absolute Gasteiger partial charge is 0.373 e. The Morgan fingerprint density at radius 1 is 1.44 bits per heavy atom. The average molecular weight is 248 g/mol. The van der Waals surface area contributed by atoms with Crippen LogP contribution in [0, 0.1) is 17.0 Å². The van der Waals surface area contributed by atoms with Crippen LogP contribution in [0.25, 0.3) is 11.5 Å². The van der Waals surface area contributed by atoms with E-state index < -0.39 is 10.9 Å². The molecule has 0 fully saturated rings. The topological polar surface area (TPSA) is 106 Å². The van der Waals surface area contributed by atoms with Crippen molar-refractivity contribution >= 4 is 11.7 Å². The van der Waals surface area contributed by atoms with Gasteiger partial charge >= 0.3 is 5.97 Å². The monoisotopic (exact) mass is 248 g/mol. The maximum Gasteiger partial charge on any atom is 0.373 e. The Balaban J connectivity index is 2.59. The first-order valence-corrected chi connectivity index (χ1v) is 4.95. The summed E-state index contributed by atoms with van der Waals surface area (Å²) >= 11 is 0. The van der Waals surface area contributed by atoms with Gasteiger partial charge < -0.3 is 9.52 Å². The van der Waals surface area contributed by atoms with Crippen molar-refractivity contribution in [3.63, 3.8) is 0 Å². The number of aryl methyl sites for hydroxylation is 1. The maximum absolute atomic E-state index is 10.8. The van der Waals surface area contributed by atoms with E-state index in [-0.39, 0.29) is 28.6 Å². The average Bonchev–Trinajstić information content (AvgIpc) is 2.71. The largest absolute Gasteiger partial charge is 0.475 e. The number of carboxylic acid groups (broad SMARTS) is 1. The van der Waals surface area contributed by atoms with Gasteiger partial charge in [0.25, 0.3) is 5.69 Å². The number of aromatic nitrogens is 1. The Hall–Kier alpha value is -2.70. The minimum absolute atomic E-state index is 0.0720. The number of carboxylic acids is 1. The van der Waals surface area contributed by atoms with Crippen molar-refractivity contribution in [3.8, 4) is 11.5 Å². The van der Waals surface area contributed by atoms with Crippen LogP contribution < -0.4 is 0 Å². The zero-order chi connectivity index (χ0) is 13.3. The molecule has 0 unspecified atom stereocenters. The van der Waals surface area contributed by atoms with Gasteiger partial charge in [0.05, 0.1) is 10.6 Å². The molecule has 2 aromatic rings. The molecule has 0 aliphatic carbocycles. The summed E-state index contributed by atoms with van der Waals surface area (Å²) in [4.78, 5) is 25.0. The molecule has 0 aliphatic rings. The quantitative estimate of drug-likeness (QED) is 0.659. The lowest BCUT2D eigenvalue weighted by molar-refractivity contribution is -0.384. The number of aromatic carboxylic acids is 1. The first kappa shape index (κ1) is 11.8. The number of hydrogen-bond acceptors (Lipinski definition) is 5. The fraction of sp³-hybridized carbons (Fsp3) is 0.0909. The number of rotatable bonds is 3. The third-order valence-corrected chi connectivity index (χ3v) is 2.32. The highest BCUT2D eigenvalue weighted by Gasteiger charge is 2.22. The molecule has 92 valence electrons. The first-order valence-electron chi connectivity index (χ1n) is 4.95. The fourth-order valence-corrected chi connectivity index (χ4v) is 1.52. The molecular formula is C11H8N2O5. The van der Waals surface area contributed by atoms with Gasteiger partial charge in [-0.3, -0.25) is 10.1 Å². The van der Waals surface area contributed by atoms with Gasteiger partial charge in [0.15, 0.2) is 0 Å². The van der Waals surface area contributed by atoms with Gasteiger partial charge in [0.1, 0.15) is 5.56 Å². The third kappa shape index (κ3) is 1.93. The summed E-state index contributed by atoms with van der Waals surface area (Å²) in [6.45, 7) is 1.46. The summed E-state index contributed by atoms with van der Waals surface area (Å²) in [5, 5.41) is 19.7. The van der Waals surface area contributed by atoms with E-state index in [0.29, 0.717) is 0 Å². The van der Waals surface area contributed by atoms with Crippen LogP contribution in [0.4, 0.5) is 5.69 Å². The molecule has 1 N–H and O–H groups in total. The van der Waals surface area contributed by atoms with Crippen LogP contribution in [0.5, 0.6) is 0 Å². The van der Waals surface area contributed by atoms with Crippen LogP contribution in [0.15, 0.2) is 28.7 Å².